The number of fused-ring (bicyclic) bond motifs is 1. The molecular formula is C18H21N5O3. The molecule has 136 valence electrons. The number of amides is 2. The van der Waals surface area contributed by atoms with E-state index in [1.807, 2.05) is 24.3 Å². The Morgan fingerprint density at radius 3 is 2.96 bits per heavy atom. The van der Waals surface area contributed by atoms with Crippen LogP contribution in [0, 0.1) is 0 Å². The molecule has 2 aliphatic heterocycles. The number of H-pyrrole nitrogens is 1. The van der Waals surface area contributed by atoms with Crippen molar-refractivity contribution in [3.05, 3.63) is 47.3 Å². The Morgan fingerprint density at radius 2 is 2.19 bits per heavy atom. The number of ether oxygens (including phenoxy) is 1. The minimum Gasteiger partial charge on any atom is -0.379 e. The first-order valence-electron chi connectivity index (χ1n) is 8.70. The third-order valence-electron chi connectivity index (χ3n) is 5.25. The van der Waals surface area contributed by atoms with Crippen LogP contribution in [0.25, 0.3) is 0 Å². The van der Waals surface area contributed by atoms with Gasteiger partial charge in [-0.3, -0.25) is 9.59 Å². The minimum absolute atomic E-state index is 0.0134. The number of likely N-dealkylation sites (tertiary alicyclic amines) is 1. The van der Waals surface area contributed by atoms with Gasteiger partial charge in [0.1, 0.15) is 6.54 Å². The summed E-state index contributed by atoms with van der Waals surface area (Å²) in [4.78, 5) is 28.8. The molecule has 0 radical (unpaired) electrons. The summed E-state index contributed by atoms with van der Waals surface area (Å²) in [6, 6.07) is 7.59. The van der Waals surface area contributed by atoms with Gasteiger partial charge in [0.2, 0.25) is 5.91 Å². The molecule has 2 aromatic rings. The molecule has 4 rings (SSSR count). The Kier molecular flexibility index (Phi) is 4.42. The molecule has 3 heterocycles. The fraction of sp³-hybridized carbons (Fsp3) is 0.444. The maximum atomic E-state index is 12.8. The molecule has 0 saturated carbocycles. The Balaban J connectivity index is 1.43. The van der Waals surface area contributed by atoms with E-state index in [9.17, 15) is 9.59 Å². The first kappa shape index (κ1) is 16.7. The van der Waals surface area contributed by atoms with Crippen molar-refractivity contribution >= 4 is 11.8 Å². The largest absolute Gasteiger partial charge is 0.379 e. The standard InChI is InChI=1S/C18H21N5O3/c1-26-16-10-23(9-14(16)15-8-19-21-20-15)17(24)11-22-7-6-12-4-2-3-5-13(12)18(22)25/h2-5,8,14,16H,6-7,9-11H2,1H3,(H,19,20,21)/t14-,16+/m0/s1. The van der Waals surface area contributed by atoms with Gasteiger partial charge in [-0.05, 0) is 18.1 Å². The van der Waals surface area contributed by atoms with Crippen LogP contribution in [0.1, 0.15) is 27.5 Å². The quantitative estimate of drug-likeness (QED) is 0.859. The molecule has 2 aliphatic rings. The lowest BCUT2D eigenvalue weighted by molar-refractivity contribution is -0.131. The summed E-state index contributed by atoms with van der Waals surface area (Å²) in [6.07, 6.45) is 2.31. The number of carbonyl (C=O) groups is 2. The van der Waals surface area contributed by atoms with Crippen LogP contribution in [0.15, 0.2) is 30.5 Å². The van der Waals surface area contributed by atoms with Crippen molar-refractivity contribution in [2.45, 2.75) is 18.4 Å². The van der Waals surface area contributed by atoms with Gasteiger partial charge in [-0.25, -0.2) is 0 Å². The molecule has 0 aliphatic carbocycles. The zero-order valence-corrected chi connectivity index (χ0v) is 14.6. The van der Waals surface area contributed by atoms with E-state index in [1.165, 1.54) is 0 Å². The molecular weight excluding hydrogens is 334 g/mol. The van der Waals surface area contributed by atoms with Crippen LogP contribution in [0.2, 0.25) is 0 Å². The van der Waals surface area contributed by atoms with Gasteiger partial charge in [0, 0.05) is 32.3 Å². The molecule has 8 heteroatoms. The van der Waals surface area contributed by atoms with Gasteiger partial charge in [0.25, 0.3) is 5.91 Å². The smallest absolute Gasteiger partial charge is 0.254 e. The van der Waals surface area contributed by atoms with Crippen molar-refractivity contribution in [3.8, 4) is 0 Å². The topological polar surface area (TPSA) is 91.4 Å². The number of rotatable bonds is 4. The van der Waals surface area contributed by atoms with Gasteiger partial charge < -0.3 is 14.5 Å². The van der Waals surface area contributed by atoms with Crippen LogP contribution in [0.5, 0.6) is 0 Å². The Bertz CT molecular complexity index is 807. The molecule has 1 aromatic heterocycles. The van der Waals surface area contributed by atoms with Gasteiger partial charge in [0.15, 0.2) is 0 Å². The summed E-state index contributed by atoms with van der Waals surface area (Å²) in [5.74, 6) is -0.151. The fourth-order valence-corrected chi connectivity index (χ4v) is 3.78. The SMILES string of the molecule is CO[C@@H]1CN(C(=O)CN2CCc3ccccc3C2=O)C[C@H]1c1cn[nH]n1. The average molecular weight is 355 g/mol. The Labute approximate surface area is 151 Å². The lowest BCUT2D eigenvalue weighted by Gasteiger charge is -2.29. The van der Waals surface area contributed by atoms with Crippen molar-refractivity contribution in [3.63, 3.8) is 0 Å². The first-order chi connectivity index (χ1) is 12.7. The van der Waals surface area contributed by atoms with Gasteiger partial charge in [-0.15, -0.1) is 0 Å². The second-order valence-electron chi connectivity index (χ2n) is 6.71. The summed E-state index contributed by atoms with van der Waals surface area (Å²) >= 11 is 0. The molecule has 2 amide bonds. The van der Waals surface area contributed by atoms with E-state index >= 15 is 0 Å². The van der Waals surface area contributed by atoms with Crippen molar-refractivity contribution in [1.82, 2.24) is 25.2 Å². The predicted octanol–water partition coefficient (Wildman–Crippen LogP) is 0.444. The van der Waals surface area contributed by atoms with Crippen molar-refractivity contribution in [2.75, 3.05) is 33.3 Å². The van der Waals surface area contributed by atoms with Crippen LogP contribution in [0.3, 0.4) is 0 Å². The third kappa shape index (κ3) is 2.96. The molecule has 0 bridgehead atoms. The number of aromatic amines is 1. The molecule has 1 aromatic carbocycles. The van der Waals surface area contributed by atoms with E-state index in [1.54, 1.807) is 23.1 Å². The van der Waals surface area contributed by atoms with E-state index < -0.39 is 0 Å². The number of nitrogens with zero attached hydrogens (tertiary/aromatic N) is 4. The van der Waals surface area contributed by atoms with Crippen LogP contribution in [-0.4, -0.2) is 76.4 Å². The summed E-state index contributed by atoms with van der Waals surface area (Å²) < 4.78 is 5.53. The van der Waals surface area contributed by atoms with Gasteiger partial charge in [-0.2, -0.15) is 15.4 Å². The zero-order valence-electron chi connectivity index (χ0n) is 14.6. The molecule has 8 nitrogen and oxygen atoms in total. The zero-order chi connectivity index (χ0) is 18.1. The summed E-state index contributed by atoms with van der Waals surface area (Å²) in [7, 11) is 1.64. The second-order valence-corrected chi connectivity index (χ2v) is 6.71. The normalized spacial score (nSPS) is 22.6. The first-order valence-corrected chi connectivity index (χ1v) is 8.70. The molecule has 26 heavy (non-hydrogen) atoms. The number of benzene rings is 1. The lowest BCUT2D eigenvalue weighted by Crippen LogP contribution is -2.45. The molecule has 1 fully saturated rings. The van der Waals surface area contributed by atoms with Gasteiger partial charge in [0.05, 0.1) is 23.9 Å². The number of carbonyl (C=O) groups excluding carboxylic acids is 2. The average Bonchev–Trinajstić information content (AvgIpc) is 3.33. The van der Waals surface area contributed by atoms with Crippen LogP contribution >= 0.6 is 0 Å². The Hall–Kier alpha value is -2.74. The molecule has 0 spiro atoms. The van der Waals surface area contributed by atoms with Crippen molar-refractivity contribution in [2.24, 2.45) is 0 Å². The van der Waals surface area contributed by atoms with Crippen LogP contribution in [-0.2, 0) is 16.0 Å². The highest BCUT2D eigenvalue weighted by Crippen LogP contribution is 2.28. The highest BCUT2D eigenvalue weighted by molar-refractivity contribution is 5.98. The number of aromatic nitrogens is 3. The molecule has 1 N–H and O–H groups in total. The van der Waals surface area contributed by atoms with Crippen molar-refractivity contribution in [1.29, 1.82) is 0 Å². The maximum Gasteiger partial charge on any atom is 0.254 e. The van der Waals surface area contributed by atoms with Gasteiger partial charge >= 0.3 is 0 Å². The fourth-order valence-electron chi connectivity index (χ4n) is 3.78. The predicted molar refractivity (Wildman–Crippen MR) is 92.6 cm³/mol. The third-order valence-corrected chi connectivity index (χ3v) is 5.25. The second kappa shape index (κ2) is 6.87. The van der Waals surface area contributed by atoms with E-state index in [4.69, 9.17) is 4.74 Å². The number of nitrogens with one attached hydrogen (secondary N) is 1. The number of hydrogen-bond acceptors (Lipinski definition) is 5. The summed E-state index contributed by atoms with van der Waals surface area (Å²) in [6.45, 7) is 1.67. The van der Waals surface area contributed by atoms with E-state index in [0.29, 0.717) is 25.2 Å². The summed E-state index contributed by atoms with van der Waals surface area (Å²) in [5.41, 5.74) is 2.53. The summed E-state index contributed by atoms with van der Waals surface area (Å²) in [5, 5.41) is 10.6. The molecule has 2 atom stereocenters. The monoisotopic (exact) mass is 355 g/mol. The van der Waals surface area contributed by atoms with E-state index in [-0.39, 0.29) is 30.4 Å². The van der Waals surface area contributed by atoms with Crippen LogP contribution < -0.4 is 0 Å². The van der Waals surface area contributed by atoms with Crippen molar-refractivity contribution < 1.29 is 14.3 Å². The minimum atomic E-state index is -0.123. The van der Waals surface area contributed by atoms with E-state index in [2.05, 4.69) is 15.4 Å². The highest BCUT2D eigenvalue weighted by atomic mass is 16.5. The Morgan fingerprint density at radius 1 is 1.35 bits per heavy atom. The molecule has 1 saturated heterocycles. The maximum absolute atomic E-state index is 12.8. The van der Waals surface area contributed by atoms with Gasteiger partial charge in [-0.1, -0.05) is 18.2 Å². The number of methoxy groups -OCH3 is 1. The van der Waals surface area contributed by atoms with Crippen LogP contribution in [0.4, 0.5) is 0 Å². The lowest BCUT2D eigenvalue weighted by atomic mass is 9.99. The van der Waals surface area contributed by atoms with E-state index in [0.717, 1.165) is 17.7 Å². The highest BCUT2D eigenvalue weighted by Gasteiger charge is 2.38. The molecule has 0 unspecified atom stereocenters. The number of hydrogen-bond donors (Lipinski definition) is 1.